The number of benzene rings is 3. The summed E-state index contributed by atoms with van der Waals surface area (Å²) in [5.74, 6) is 1.28. The van der Waals surface area contributed by atoms with Crippen LogP contribution >= 0.6 is 0 Å². The predicted molar refractivity (Wildman–Crippen MR) is 123 cm³/mol. The summed E-state index contributed by atoms with van der Waals surface area (Å²) < 4.78 is 5.83. The summed E-state index contributed by atoms with van der Waals surface area (Å²) in [6.07, 6.45) is 0.773. The van der Waals surface area contributed by atoms with E-state index in [1.807, 2.05) is 62.6 Å². The summed E-state index contributed by atoms with van der Waals surface area (Å²) in [6, 6.07) is 22.6. The van der Waals surface area contributed by atoms with E-state index in [1.54, 1.807) is 24.3 Å². The number of aromatic hydroxyl groups is 2. The van der Waals surface area contributed by atoms with Crippen LogP contribution in [0.15, 0.2) is 72.8 Å². The van der Waals surface area contributed by atoms with Crippen LogP contribution in [0.4, 0.5) is 0 Å². The standard InChI is InChI=1S/C26H29NO3/c1-4-25(20-7-5-9-22(28)17-20)26(21-8-6-10-23(29)18-21)19-11-13-24(14-12-19)30-16-15-27(2)3/h5-14,17-18,28-29H,4,15-16H2,1-3H3/b26-25+. The minimum Gasteiger partial charge on any atom is -0.508 e. The summed E-state index contributed by atoms with van der Waals surface area (Å²) in [6.45, 7) is 3.58. The number of hydrogen-bond acceptors (Lipinski definition) is 4. The fourth-order valence-electron chi connectivity index (χ4n) is 3.46. The molecule has 3 rings (SSSR count). The van der Waals surface area contributed by atoms with Gasteiger partial charge < -0.3 is 19.8 Å². The molecule has 4 heteroatoms. The number of rotatable bonds is 8. The Bertz CT molecular complexity index is 1010. The molecule has 0 spiro atoms. The fourth-order valence-corrected chi connectivity index (χ4v) is 3.46. The Morgan fingerprint density at radius 3 is 1.97 bits per heavy atom. The van der Waals surface area contributed by atoms with Crippen molar-refractivity contribution in [1.82, 2.24) is 4.90 Å². The molecule has 3 aromatic rings. The van der Waals surface area contributed by atoms with Crippen LogP contribution in [0.1, 0.15) is 30.0 Å². The van der Waals surface area contributed by atoms with Gasteiger partial charge in [0.25, 0.3) is 0 Å². The highest BCUT2D eigenvalue weighted by Gasteiger charge is 2.14. The molecule has 0 heterocycles. The summed E-state index contributed by atoms with van der Waals surface area (Å²) in [5, 5.41) is 20.1. The third-order valence-corrected chi connectivity index (χ3v) is 4.93. The van der Waals surface area contributed by atoms with Crippen LogP contribution in [0.5, 0.6) is 17.2 Å². The molecular weight excluding hydrogens is 374 g/mol. The molecule has 2 N–H and O–H groups in total. The lowest BCUT2D eigenvalue weighted by Gasteiger charge is -2.17. The van der Waals surface area contributed by atoms with Gasteiger partial charge in [0.05, 0.1) is 0 Å². The Balaban J connectivity index is 2.06. The summed E-state index contributed by atoms with van der Waals surface area (Å²) in [7, 11) is 4.04. The van der Waals surface area contributed by atoms with Crippen molar-refractivity contribution in [3.05, 3.63) is 89.5 Å². The Labute approximate surface area is 178 Å². The molecule has 0 unspecified atom stereocenters. The molecule has 156 valence electrons. The van der Waals surface area contributed by atoms with Crippen molar-refractivity contribution in [2.24, 2.45) is 0 Å². The van der Waals surface area contributed by atoms with Gasteiger partial charge in [-0.3, -0.25) is 0 Å². The summed E-state index contributed by atoms with van der Waals surface area (Å²) >= 11 is 0. The monoisotopic (exact) mass is 403 g/mol. The first-order chi connectivity index (χ1) is 14.5. The quantitative estimate of drug-likeness (QED) is 0.494. The topological polar surface area (TPSA) is 52.9 Å². The second-order valence-electron chi connectivity index (χ2n) is 7.48. The summed E-state index contributed by atoms with van der Waals surface area (Å²) in [5.41, 5.74) is 5.04. The van der Waals surface area contributed by atoms with Crippen LogP contribution in [-0.4, -0.2) is 42.4 Å². The zero-order chi connectivity index (χ0) is 21.5. The third-order valence-electron chi connectivity index (χ3n) is 4.93. The maximum absolute atomic E-state index is 10.1. The molecule has 0 atom stereocenters. The van der Waals surface area contributed by atoms with Crippen molar-refractivity contribution in [3.63, 3.8) is 0 Å². The minimum absolute atomic E-state index is 0.222. The van der Waals surface area contributed by atoms with E-state index in [0.29, 0.717) is 6.61 Å². The Morgan fingerprint density at radius 1 is 0.800 bits per heavy atom. The molecule has 0 aliphatic carbocycles. The minimum atomic E-state index is 0.222. The van der Waals surface area contributed by atoms with Crippen LogP contribution in [0.25, 0.3) is 11.1 Å². The second-order valence-corrected chi connectivity index (χ2v) is 7.48. The van der Waals surface area contributed by atoms with Gasteiger partial charge in [0.2, 0.25) is 0 Å². The molecule has 0 bridgehead atoms. The molecule has 0 saturated heterocycles. The van der Waals surface area contributed by atoms with E-state index >= 15 is 0 Å². The first kappa shape index (κ1) is 21.5. The lowest BCUT2D eigenvalue weighted by molar-refractivity contribution is 0.261. The Hall–Kier alpha value is -3.24. The zero-order valence-electron chi connectivity index (χ0n) is 17.8. The largest absolute Gasteiger partial charge is 0.508 e. The molecule has 0 aliphatic heterocycles. The lowest BCUT2D eigenvalue weighted by Crippen LogP contribution is -2.19. The number of nitrogens with zero attached hydrogens (tertiary/aromatic N) is 1. The first-order valence-corrected chi connectivity index (χ1v) is 10.2. The Morgan fingerprint density at radius 2 is 1.40 bits per heavy atom. The van der Waals surface area contributed by atoms with Crippen LogP contribution in [0.2, 0.25) is 0 Å². The van der Waals surface area contributed by atoms with Crippen LogP contribution < -0.4 is 4.74 Å². The van der Waals surface area contributed by atoms with Gasteiger partial charge in [-0.05, 0) is 84.8 Å². The van der Waals surface area contributed by atoms with Crippen molar-refractivity contribution < 1.29 is 14.9 Å². The van der Waals surface area contributed by atoms with Crippen LogP contribution in [0, 0.1) is 0 Å². The third kappa shape index (κ3) is 5.43. The average molecular weight is 404 g/mol. The van der Waals surface area contributed by atoms with Gasteiger partial charge in [0.15, 0.2) is 0 Å². The zero-order valence-corrected chi connectivity index (χ0v) is 17.8. The number of allylic oxidation sites excluding steroid dienone is 1. The average Bonchev–Trinajstić information content (AvgIpc) is 2.72. The van der Waals surface area contributed by atoms with E-state index < -0.39 is 0 Å². The highest BCUT2D eigenvalue weighted by molar-refractivity contribution is 5.98. The van der Waals surface area contributed by atoms with Gasteiger partial charge in [0.1, 0.15) is 23.9 Å². The van der Waals surface area contributed by atoms with Crippen molar-refractivity contribution in [3.8, 4) is 17.2 Å². The summed E-state index contributed by atoms with van der Waals surface area (Å²) in [4.78, 5) is 2.08. The van der Waals surface area contributed by atoms with Gasteiger partial charge in [-0.25, -0.2) is 0 Å². The van der Waals surface area contributed by atoms with Gasteiger partial charge >= 0.3 is 0 Å². The molecule has 0 radical (unpaired) electrons. The van der Waals surface area contributed by atoms with E-state index in [9.17, 15) is 10.2 Å². The van der Waals surface area contributed by atoms with Crippen molar-refractivity contribution in [1.29, 1.82) is 0 Å². The van der Waals surface area contributed by atoms with E-state index in [-0.39, 0.29) is 11.5 Å². The highest BCUT2D eigenvalue weighted by Crippen LogP contribution is 2.36. The van der Waals surface area contributed by atoms with Crippen molar-refractivity contribution in [2.45, 2.75) is 13.3 Å². The first-order valence-electron chi connectivity index (χ1n) is 10.2. The van der Waals surface area contributed by atoms with Crippen LogP contribution in [0.3, 0.4) is 0 Å². The molecular formula is C26H29NO3. The molecule has 0 aliphatic rings. The van der Waals surface area contributed by atoms with Gasteiger partial charge in [-0.2, -0.15) is 0 Å². The number of ether oxygens (including phenoxy) is 1. The number of hydrogen-bond donors (Lipinski definition) is 2. The molecule has 0 aromatic heterocycles. The Kier molecular flexibility index (Phi) is 7.15. The van der Waals surface area contributed by atoms with Crippen LogP contribution in [-0.2, 0) is 0 Å². The smallest absolute Gasteiger partial charge is 0.119 e. The van der Waals surface area contributed by atoms with Gasteiger partial charge in [-0.15, -0.1) is 0 Å². The molecule has 0 saturated carbocycles. The van der Waals surface area contributed by atoms with Crippen molar-refractivity contribution >= 4 is 11.1 Å². The maximum Gasteiger partial charge on any atom is 0.119 e. The predicted octanol–water partition coefficient (Wildman–Crippen LogP) is 5.41. The van der Waals surface area contributed by atoms with E-state index in [1.165, 1.54) is 0 Å². The second kappa shape index (κ2) is 9.99. The maximum atomic E-state index is 10.1. The number of phenols is 2. The molecule has 4 nitrogen and oxygen atoms in total. The van der Waals surface area contributed by atoms with Gasteiger partial charge in [0, 0.05) is 6.54 Å². The number of likely N-dealkylation sites (N-methyl/N-ethyl adjacent to an activating group) is 1. The van der Waals surface area contributed by atoms with E-state index in [2.05, 4.69) is 11.8 Å². The fraction of sp³-hybridized carbons (Fsp3) is 0.231. The SMILES string of the molecule is CC/C(=C(/c1ccc(OCCN(C)C)cc1)c1cccc(O)c1)c1cccc(O)c1. The lowest BCUT2D eigenvalue weighted by atomic mass is 9.88. The van der Waals surface area contributed by atoms with E-state index in [4.69, 9.17) is 4.74 Å². The molecule has 3 aromatic carbocycles. The molecule has 30 heavy (non-hydrogen) atoms. The molecule has 0 amide bonds. The highest BCUT2D eigenvalue weighted by atomic mass is 16.5. The number of phenolic OH excluding ortho intramolecular Hbond substituents is 2. The van der Waals surface area contributed by atoms with Crippen molar-refractivity contribution in [2.75, 3.05) is 27.2 Å². The van der Waals surface area contributed by atoms with E-state index in [0.717, 1.165) is 46.6 Å². The molecule has 0 fully saturated rings. The normalized spacial score (nSPS) is 12.0. The van der Waals surface area contributed by atoms with Gasteiger partial charge in [-0.1, -0.05) is 43.3 Å².